The Morgan fingerprint density at radius 2 is 2.33 bits per heavy atom. The Morgan fingerprint density at radius 3 is 2.92 bits per heavy atom. The zero-order chi connectivity index (χ0) is 8.39. The number of aromatic nitrogens is 3. The molecule has 1 N–H and O–H groups in total. The standard InChI is InChI=1S/C7H5N3OS/c11-6-2-1-5(9-10-6)7-8-3-4-12-7/h1-4H,(H,10,11). The van der Waals surface area contributed by atoms with E-state index in [0.29, 0.717) is 5.69 Å². The highest BCUT2D eigenvalue weighted by Crippen LogP contribution is 2.16. The molecule has 4 nitrogen and oxygen atoms in total. The summed E-state index contributed by atoms with van der Waals surface area (Å²) in [6, 6.07) is 3.08. The fourth-order valence-electron chi connectivity index (χ4n) is 0.814. The lowest BCUT2D eigenvalue weighted by atomic mass is 10.4. The lowest BCUT2D eigenvalue weighted by Gasteiger charge is -1.90. The topological polar surface area (TPSA) is 58.6 Å². The van der Waals surface area contributed by atoms with Gasteiger partial charge in [-0.15, -0.1) is 11.3 Å². The Kier molecular flexibility index (Phi) is 1.71. The average Bonchev–Trinajstić information content (AvgIpc) is 2.58. The Balaban J connectivity index is 2.49. The summed E-state index contributed by atoms with van der Waals surface area (Å²) in [4.78, 5) is 14.7. The molecule has 0 unspecified atom stereocenters. The quantitative estimate of drug-likeness (QED) is 0.707. The minimum atomic E-state index is -0.199. The van der Waals surface area contributed by atoms with Gasteiger partial charge in [-0.3, -0.25) is 4.79 Å². The van der Waals surface area contributed by atoms with Crippen LogP contribution in [0.2, 0.25) is 0 Å². The lowest BCUT2D eigenvalue weighted by molar-refractivity contribution is 0.993. The van der Waals surface area contributed by atoms with Crippen LogP contribution < -0.4 is 5.56 Å². The third-order valence-electron chi connectivity index (χ3n) is 1.33. The third-order valence-corrected chi connectivity index (χ3v) is 2.13. The fraction of sp³-hybridized carbons (Fsp3) is 0. The SMILES string of the molecule is O=c1ccc(-c2nccs2)n[nH]1. The van der Waals surface area contributed by atoms with Gasteiger partial charge in [-0.2, -0.15) is 5.10 Å². The van der Waals surface area contributed by atoms with Crippen molar-refractivity contribution < 1.29 is 0 Å². The summed E-state index contributed by atoms with van der Waals surface area (Å²) in [6.45, 7) is 0. The predicted molar refractivity (Wildman–Crippen MR) is 46.0 cm³/mol. The number of rotatable bonds is 1. The van der Waals surface area contributed by atoms with Gasteiger partial charge < -0.3 is 0 Å². The summed E-state index contributed by atoms with van der Waals surface area (Å²) in [5, 5.41) is 8.85. The van der Waals surface area contributed by atoms with E-state index in [2.05, 4.69) is 15.2 Å². The molecule has 0 saturated carbocycles. The van der Waals surface area contributed by atoms with Crippen LogP contribution in [0.15, 0.2) is 28.5 Å². The molecular weight excluding hydrogens is 174 g/mol. The molecule has 0 aliphatic carbocycles. The molecule has 0 bridgehead atoms. The van der Waals surface area contributed by atoms with Gasteiger partial charge in [-0.1, -0.05) is 0 Å². The second kappa shape index (κ2) is 2.86. The van der Waals surface area contributed by atoms with Crippen LogP contribution in [-0.4, -0.2) is 15.2 Å². The summed E-state index contributed by atoms with van der Waals surface area (Å²) in [6.07, 6.45) is 1.70. The Labute approximate surface area is 71.9 Å². The average molecular weight is 179 g/mol. The molecule has 5 heteroatoms. The highest BCUT2D eigenvalue weighted by atomic mass is 32.1. The van der Waals surface area contributed by atoms with E-state index in [9.17, 15) is 4.79 Å². The second-order valence-corrected chi connectivity index (χ2v) is 3.04. The lowest BCUT2D eigenvalue weighted by Crippen LogP contribution is -2.05. The van der Waals surface area contributed by atoms with E-state index >= 15 is 0 Å². The van der Waals surface area contributed by atoms with Crippen LogP contribution in [0.5, 0.6) is 0 Å². The molecule has 0 amide bonds. The van der Waals surface area contributed by atoms with Gasteiger partial charge in [-0.25, -0.2) is 10.1 Å². The second-order valence-electron chi connectivity index (χ2n) is 2.14. The van der Waals surface area contributed by atoms with E-state index in [1.165, 1.54) is 17.4 Å². The zero-order valence-corrected chi connectivity index (χ0v) is 6.84. The first-order chi connectivity index (χ1) is 5.86. The number of H-pyrrole nitrogens is 1. The maximum Gasteiger partial charge on any atom is 0.264 e. The molecule has 0 aliphatic heterocycles. The molecule has 2 aromatic heterocycles. The molecule has 0 spiro atoms. The number of hydrogen-bond acceptors (Lipinski definition) is 4. The van der Waals surface area contributed by atoms with Gasteiger partial charge in [0.1, 0.15) is 10.7 Å². The highest BCUT2D eigenvalue weighted by molar-refractivity contribution is 7.13. The number of hydrogen-bond donors (Lipinski definition) is 1. The van der Waals surface area contributed by atoms with Crippen molar-refractivity contribution in [3.05, 3.63) is 34.1 Å². The number of nitrogens with one attached hydrogen (secondary N) is 1. The van der Waals surface area contributed by atoms with E-state index in [4.69, 9.17) is 0 Å². The van der Waals surface area contributed by atoms with Crippen molar-refractivity contribution >= 4 is 11.3 Å². The van der Waals surface area contributed by atoms with Crippen molar-refractivity contribution in [3.8, 4) is 10.7 Å². The maximum absolute atomic E-state index is 10.7. The molecule has 0 fully saturated rings. The van der Waals surface area contributed by atoms with E-state index < -0.39 is 0 Å². The largest absolute Gasteiger partial charge is 0.268 e. The van der Waals surface area contributed by atoms with Gasteiger partial charge >= 0.3 is 0 Å². The van der Waals surface area contributed by atoms with Gasteiger partial charge in [0.25, 0.3) is 5.56 Å². The van der Waals surface area contributed by atoms with Crippen molar-refractivity contribution in [3.63, 3.8) is 0 Å². The molecule has 0 atom stereocenters. The smallest absolute Gasteiger partial charge is 0.264 e. The van der Waals surface area contributed by atoms with Crippen molar-refractivity contribution in [2.24, 2.45) is 0 Å². The van der Waals surface area contributed by atoms with Crippen LogP contribution in [0.4, 0.5) is 0 Å². The summed E-state index contributed by atoms with van der Waals surface area (Å²) in [5.74, 6) is 0. The first kappa shape index (κ1) is 7.17. The minimum absolute atomic E-state index is 0.199. The van der Waals surface area contributed by atoms with Gasteiger partial charge in [0.15, 0.2) is 0 Å². The fourth-order valence-corrected chi connectivity index (χ4v) is 1.42. The van der Waals surface area contributed by atoms with E-state index in [1.54, 1.807) is 12.3 Å². The molecule has 0 radical (unpaired) electrons. The van der Waals surface area contributed by atoms with Crippen molar-refractivity contribution in [2.75, 3.05) is 0 Å². The first-order valence-corrected chi connectivity index (χ1v) is 4.20. The monoisotopic (exact) mass is 179 g/mol. The van der Waals surface area contributed by atoms with Crippen LogP contribution in [-0.2, 0) is 0 Å². The molecule has 2 aromatic rings. The van der Waals surface area contributed by atoms with Crippen LogP contribution in [0, 0.1) is 0 Å². The molecule has 2 rings (SSSR count). The van der Waals surface area contributed by atoms with Gasteiger partial charge in [0.05, 0.1) is 0 Å². The summed E-state index contributed by atoms with van der Waals surface area (Å²) in [5.41, 5.74) is 0.500. The molecule has 0 aliphatic rings. The highest BCUT2D eigenvalue weighted by Gasteiger charge is 1.99. The van der Waals surface area contributed by atoms with Gasteiger partial charge in [0, 0.05) is 17.6 Å². The van der Waals surface area contributed by atoms with Gasteiger partial charge in [0.2, 0.25) is 0 Å². The Hall–Kier alpha value is -1.49. The van der Waals surface area contributed by atoms with Crippen LogP contribution in [0.3, 0.4) is 0 Å². The molecule has 60 valence electrons. The predicted octanol–water partition coefficient (Wildman–Crippen LogP) is 0.893. The summed E-state index contributed by atoms with van der Waals surface area (Å²) < 4.78 is 0. The summed E-state index contributed by atoms with van der Waals surface area (Å²) in [7, 11) is 0. The number of nitrogens with zero attached hydrogens (tertiary/aromatic N) is 2. The maximum atomic E-state index is 10.7. The number of aromatic amines is 1. The van der Waals surface area contributed by atoms with Gasteiger partial charge in [-0.05, 0) is 6.07 Å². The Bertz CT molecular complexity index is 400. The Morgan fingerprint density at radius 1 is 1.42 bits per heavy atom. The third kappa shape index (κ3) is 1.26. The van der Waals surface area contributed by atoms with Crippen LogP contribution >= 0.6 is 11.3 Å². The van der Waals surface area contributed by atoms with E-state index in [1.807, 2.05) is 5.38 Å². The first-order valence-electron chi connectivity index (χ1n) is 3.32. The van der Waals surface area contributed by atoms with Crippen LogP contribution in [0.1, 0.15) is 0 Å². The van der Waals surface area contributed by atoms with E-state index in [-0.39, 0.29) is 5.56 Å². The number of thiazole rings is 1. The molecule has 2 heterocycles. The molecule has 0 aromatic carbocycles. The normalized spacial score (nSPS) is 10.0. The van der Waals surface area contributed by atoms with Crippen molar-refractivity contribution in [2.45, 2.75) is 0 Å². The van der Waals surface area contributed by atoms with Crippen molar-refractivity contribution in [1.82, 2.24) is 15.2 Å². The van der Waals surface area contributed by atoms with Crippen LogP contribution in [0.25, 0.3) is 10.7 Å². The summed E-state index contributed by atoms with van der Waals surface area (Å²) >= 11 is 1.49. The molecule has 12 heavy (non-hydrogen) atoms. The van der Waals surface area contributed by atoms with E-state index in [0.717, 1.165) is 5.01 Å². The molecular formula is C7H5N3OS. The minimum Gasteiger partial charge on any atom is -0.268 e. The molecule has 0 saturated heterocycles. The zero-order valence-electron chi connectivity index (χ0n) is 6.02. The van der Waals surface area contributed by atoms with Crippen molar-refractivity contribution in [1.29, 1.82) is 0 Å².